The van der Waals surface area contributed by atoms with E-state index in [0.717, 1.165) is 0 Å². The fourth-order valence-corrected chi connectivity index (χ4v) is 0.575. The maximum atomic E-state index is 10.1. The molecule has 0 aliphatic carbocycles. The van der Waals surface area contributed by atoms with Gasteiger partial charge in [-0.05, 0) is 6.42 Å². The zero-order chi connectivity index (χ0) is 7.56. The minimum atomic E-state index is -1.33. The molecule has 1 rings (SSSR count). The van der Waals surface area contributed by atoms with Gasteiger partial charge in [0.25, 0.3) is 0 Å². The van der Waals surface area contributed by atoms with E-state index in [4.69, 9.17) is 0 Å². The highest BCUT2D eigenvalue weighted by Gasteiger charge is 2.01. The highest BCUT2D eigenvalue weighted by molar-refractivity contribution is 5.82. The van der Waals surface area contributed by atoms with Crippen LogP contribution in [0.15, 0.2) is 10.6 Å². The van der Waals surface area contributed by atoms with Crippen molar-refractivity contribution in [3.05, 3.63) is 17.5 Å². The summed E-state index contributed by atoms with van der Waals surface area (Å²) in [5, 5.41) is 13.5. The van der Waals surface area contributed by atoms with Gasteiger partial charge in [0.1, 0.15) is 5.97 Å². The summed E-state index contributed by atoms with van der Waals surface area (Å²) in [5.41, 5.74) is 0.624. The van der Waals surface area contributed by atoms with Gasteiger partial charge in [-0.15, -0.1) is 0 Å². The number of carbonyl (C=O) groups excluding carboxylic acids is 1. The van der Waals surface area contributed by atoms with Crippen LogP contribution >= 0.6 is 0 Å². The van der Waals surface area contributed by atoms with Crippen LogP contribution < -0.4 is 5.11 Å². The number of aryl methyl sites for hydroxylation is 1. The summed E-state index contributed by atoms with van der Waals surface area (Å²) in [7, 11) is 0. The molecular formula is C6H6NO3-. The average molecular weight is 140 g/mol. The summed E-state index contributed by atoms with van der Waals surface area (Å²) < 4.78 is 4.40. The quantitative estimate of drug-likeness (QED) is 0.560. The first-order valence-corrected chi connectivity index (χ1v) is 2.91. The Balaban J connectivity index is 2.88. The van der Waals surface area contributed by atoms with E-state index in [1.165, 1.54) is 6.07 Å². The molecule has 1 heterocycles. The molecule has 0 N–H and O–H groups in total. The number of carbonyl (C=O) groups is 1. The second kappa shape index (κ2) is 2.51. The van der Waals surface area contributed by atoms with Crippen LogP contribution in [0.3, 0.4) is 0 Å². The Kier molecular flexibility index (Phi) is 1.71. The Morgan fingerprint density at radius 1 is 1.90 bits per heavy atom. The van der Waals surface area contributed by atoms with Crippen molar-refractivity contribution in [2.45, 2.75) is 13.3 Å². The van der Waals surface area contributed by atoms with Crippen LogP contribution in [0.2, 0.25) is 0 Å². The molecule has 0 bridgehead atoms. The monoisotopic (exact) mass is 140 g/mol. The number of aromatic nitrogens is 1. The lowest BCUT2D eigenvalue weighted by molar-refractivity contribution is -0.257. The molecule has 1 aromatic rings. The third-order valence-corrected chi connectivity index (χ3v) is 1.12. The largest absolute Gasteiger partial charge is 0.541 e. The molecule has 10 heavy (non-hydrogen) atoms. The van der Waals surface area contributed by atoms with Gasteiger partial charge in [0.2, 0.25) is 0 Å². The number of nitrogens with zero attached hydrogens (tertiary/aromatic N) is 1. The van der Waals surface area contributed by atoms with Crippen LogP contribution in [0.1, 0.15) is 23.2 Å². The first kappa shape index (κ1) is 6.80. The number of hydrogen-bond acceptors (Lipinski definition) is 4. The van der Waals surface area contributed by atoms with E-state index in [9.17, 15) is 9.90 Å². The topological polar surface area (TPSA) is 66.2 Å². The average Bonchev–Trinajstić information content (AvgIpc) is 2.34. The molecule has 0 atom stereocenters. The fraction of sp³-hybridized carbons (Fsp3) is 0.333. The fourth-order valence-electron chi connectivity index (χ4n) is 0.575. The molecule has 0 saturated carbocycles. The summed E-state index contributed by atoms with van der Waals surface area (Å²) in [6.07, 6.45) is 0.663. The van der Waals surface area contributed by atoms with E-state index in [2.05, 4.69) is 9.68 Å². The highest BCUT2D eigenvalue weighted by Crippen LogP contribution is 2.01. The van der Waals surface area contributed by atoms with Gasteiger partial charge in [-0.25, -0.2) is 0 Å². The van der Waals surface area contributed by atoms with Gasteiger partial charge in [-0.1, -0.05) is 12.1 Å². The van der Waals surface area contributed by atoms with Crippen molar-refractivity contribution in [2.75, 3.05) is 0 Å². The van der Waals surface area contributed by atoms with Crippen LogP contribution in [0, 0.1) is 0 Å². The molecule has 0 unspecified atom stereocenters. The summed E-state index contributed by atoms with van der Waals surface area (Å²) in [4.78, 5) is 10.1. The van der Waals surface area contributed by atoms with Gasteiger partial charge >= 0.3 is 0 Å². The van der Waals surface area contributed by atoms with E-state index >= 15 is 0 Å². The summed E-state index contributed by atoms with van der Waals surface area (Å²) in [6, 6.07) is 1.36. The number of carboxylic acid groups (broad SMARTS) is 1. The predicted molar refractivity (Wildman–Crippen MR) is 30.2 cm³/mol. The first-order chi connectivity index (χ1) is 4.74. The Morgan fingerprint density at radius 2 is 2.60 bits per heavy atom. The van der Waals surface area contributed by atoms with Gasteiger partial charge in [0.15, 0.2) is 5.76 Å². The van der Waals surface area contributed by atoms with Crippen molar-refractivity contribution < 1.29 is 14.4 Å². The van der Waals surface area contributed by atoms with Crippen molar-refractivity contribution in [3.8, 4) is 0 Å². The van der Waals surface area contributed by atoms with E-state index in [1.807, 2.05) is 6.92 Å². The SMILES string of the molecule is CCc1cc(C(=O)[O-])on1. The van der Waals surface area contributed by atoms with Crippen LogP contribution in [-0.4, -0.2) is 11.1 Å². The lowest BCUT2D eigenvalue weighted by Crippen LogP contribution is -2.21. The lowest BCUT2D eigenvalue weighted by Gasteiger charge is -1.89. The van der Waals surface area contributed by atoms with Crippen molar-refractivity contribution >= 4 is 5.97 Å². The Bertz CT molecular complexity index is 241. The number of hydrogen-bond donors (Lipinski definition) is 0. The second-order valence-electron chi connectivity index (χ2n) is 1.82. The molecule has 0 aliphatic rings. The minimum absolute atomic E-state index is 0.211. The Hall–Kier alpha value is -1.32. The standard InChI is InChI=1S/C6H7NO3/c1-2-4-3-5(6(8)9)10-7-4/h3H,2H2,1H3,(H,8,9)/p-1. The molecular weight excluding hydrogens is 134 g/mol. The number of carboxylic acids is 1. The maximum Gasteiger partial charge on any atom is 0.182 e. The third kappa shape index (κ3) is 1.15. The van der Waals surface area contributed by atoms with Gasteiger partial charge in [-0.3, -0.25) is 0 Å². The highest BCUT2D eigenvalue weighted by atomic mass is 16.5. The molecule has 0 aliphatic heterocycles. The molecule has 0 fully saturated rings. The van der Waals surface area contributed by atoms with Crippen LogP contribution in [0.4, 0.5) is 0 Å². The summed E-state index contributed by atoms with van der Waals surface area (Å²) >= 11 is 0. The molecule has 1 aromatic heterocycles. The smallest absolute Gasteiger partial charge is 0.182 e. The van der Waals surface area contributed by atoms with E-state index in [-0.39, 0.29) is 5.76 Å². The number of aromatic carboxylic acids is 1. The van der Waals surface area contributed by atoms with Crippen molar-refractivity contribution in [2.24, 2.45) is 0 Å². The number of rotatable bonds is 2. The zero-order valence-corrected chi connectivity index (χ0v) is 5.46. The van der Waals surface area contributed by atoms with Crippen molar-refractivity contribution in [3.63, 3.8) is 0 Å². The summed E-state index contributed by atoms with van der Waals surface area (Å²) in [5.74, 6) is -1.54. The van der Waals surface area contributed by atoms with Crippen molar-refractivity contribution in [1.29, 1.82) is 0 Å². The van der Waals surface area contributed by atoms with Crippen LogP contribution in [0.25, 0.3) is 0 Å². The van der Waals surface area contributed by atoms with Gasteiger partial charge in [-0.2, -0.15) is 0 Å². The molecule has 0 spiro atoms. The molecule has 0 aromatic carbocycles. The third-order valence-electron chi connectivity index (χ3n) is 1.12. The van der Waals surface area contributed by atoms with Crippen LogP contribution in [-0.2, 0) is 6.42 Å². The zero-order valence-electron chi connectivity index (χ0n) is 5.46. The van der Waals surface area contributed by atoms with Crippen molar-refractivity contribution in [1.82, 2.24) is 5.16 Å². The van der Waals surface area contributed by atoms with Gasteiger partial charge < -0.3 is 14.4 Å². The van der Waals surface area contributed by atoms with Crippen LogP contribution in [0.5, 0.6) is 0 Å². The van der Waals surface area contributed by atoms with E-state index in [0.29, 0.717) is 12.1 Å². The van der Waals surface area contributed by atoms with E-state index < -0.39 is 5.97 Å². The molecule has 0 amide bonds. The molecule has 0 radical (unpaired) electrons. The molecule has 4 heteroatoms. The minimum Gasteiger partial charge on any atom is -0.541 e. The second-order valence-corrected chi connectivity index (χ2v) is 1.82. The predicted octanol–water partition coefficient (Wildman–Crippen LogP) is -0.400. The molecule has 4 nitrogen and oxygen atoms in total. The normalized spacial score (nSPS) is 9.70. The van der Waals surface area contributed by atoms with Gasteiger partial charge in [0.05, 0.1) is 5.69 Å². The lowest BCUT2D eigenvalue weighted by atomic mass is 10.3. The van der Waals surface area contributed by atoms with E-state index in [1.54, 1.807) is 0 Å². The Morgan fingerprint density at radius 3 is 2.90 bits per heavy atom. The molecule has 0 saturated heterocycles. The Labute approximate surface area is 57.4 Å². The van der Waals surface area contributed by atoms with Gasteiger partial charge in [0, 0.05) is 6.07 Å². The maximum absolute atomic E-state index is 10.1. The molecule has 54 valence electrons. The summed E-state index contributed by atoms with van der Waals surface area (Å²) in [6.45, 7) is 1.86. The first-order valence-electron chi connectivity index (χ1n) is 2.91.